The highest BCUT2D eigenvalue weighted by atomic mass is 79.9. The van der Waals surface area contributed by atoms with E-state index in [9.17, 15) is 0 Å². The molecular formula is C12H16BrN5. The number of hydrogen-bond donors (Lipinski definition) is 1. The Kier molecular flexibility index (Phi) is 3.77. The molecular weight excluding hydrogens is 294 g/mol. The van der Waals surface area contributed by atoms with E-state index in [2.05, 4.69) is 57.3 Å². The fraction of sp³-hybridized carbons (Fsp3) is 0.417. The molecule has 0 aliphatic rings. The van der Waals surface area contributed by atoms with Crippen molar-refractivity contribution in [1.29, 1.82) is 0 Å². The summed E-state index contributed by atoms with van der Waals surface area (Å²) in [5.41, 5.74) is 0.993. The molecule has 0 fully saturated rings. The first-order valence-electron chi connectivity index (χ1n) is 5.72. The van der Waals surface area contributed by atoms with Crippen LogP contribution in [0.25, 0.3) is 5.82 Å². The van der Waals surface area contributed by atoms with Crippen molar-refractivity contribution in [2.45, 2.75) is 32.9 Å². The highest BCUT2D eigenvalue weighted by Crippen LogP contribution is 2.10. The molecule has 0 saturated carbocycles. The fourth-order valence-corrected chi connectivity index (χ4v) is 1.64. The van der Waals surface area contributed by atoms with Gasteiger partial charge >= 0.3 is 0 Å². The molecule has 0 spiro atoms. The zero-order chi connectivity index (χ0) is 13.2. The maximum atomic E-state index is 4.18. The molecule has 0 amide bonds. The van der Waals surface area contributed by atoms with Gasteiger partial charge in [-0.2, -0.15) is 10.2 Å². The Bertz CT molecular complexity index is 512. The van der Waals surface area contributed by atoms with Crippen LogP contribution in [0.5, 0.6) is 0 Å². The molecule has 2 rings (SSSR count). The van der Waals surface area contributed by atoms with Crippen LogP contribution >= 0.6 is 15.9 Å². The molecule has 6 heteroatoms. The second-order valence-corrected chi connectivity index (χ2v) is 6.01. The molecule has 0 aliphatic carbocycles. The maximum Gasteiger partial charge on any atom is 0.175 e. The SMILES string of the molecule is CC(C)(C)NCc1ccc(-n2cc(Br)cn2)nn1. The first-order valence-corrected chi connectivity index (χ1v) is 6.51. The van der Waals surface area contributed by atoms with E-state index in [-0.39, 0.29) is 5.54 Å². The van der Waals surface area contributed by atoms with Crippen LogP contribution in [-0.4, -0.2) is 25.5 Å². The predicted molar refractivity (Wildman–Crippen MR) is 73.4 cm³/mol. The topological polar surface area (TPSA) is 55.6 Å². The highest BCUT2D eigenvalue weighted by molar-refractivity contribution is 9.10. The number of halogens is 1. The van der Waals surface area contributed by atoms with E-state index in [0.717, 1.165) is 10.2 Å². The van der Waals surface area contributed by atoms with E-state index in [4.69, 9.17) is 0 Å². The summed E-state index contributed by atoms with van der Waals surface area (Å²) < 4.78 is 2.60. The third kappa shape index (κ3) is 3.61. The van der Waals surface area contributed by atoms with Crippen molar-refractivity contribution in [1.82, 2.24) is 25.3 Å². The molecule has 0 saturated heterocycles. The molecule has 0 bridgehead atoms. The van der Waals surface area contributed by atoms with Gasteiger partial charge in [0.1, 0.15) is 0 Å². The molecule has 0 atom stereocenters. The van der Waals surface area contributed by atoms with Gasteiger partial charge in [0.2, 0.25) is 0 Å². The third-order valence-corrected chi connectivity index (χ3v) is 2.70. The van der Waals surface area contributed by atoms with Gasteiger partial charge < -0.3 is 5.32 Å². The number of aromatic nitrogens is 4. The Morgan fingerprint density at radius 3 is 2.56 bits per heavy atom. The van der Waals surface area contributed by atoms with Crippen LogP contribution in [-0.2, 0) is 6.54 Å². The third-order valence-electron chi connectivity index (χ3n) is 2.29. The van der Waals surface area contributed by atoms with Crippen LogP contribution < -0.4 is 5.32 Å². The van der Waals surface area contributed by atoms with E-state index in [1.54, 1.807) is 10.9 Å². The molecule has 5 nitrogen and oxygen atoms in total. The summed E-state index contributed by atoms with van der Waals surface area (Å²) in [5.74, 6) is 0.709. The van der Waals surface area contributed by atoms with E-state index in [1.165, 1.54) is 0 Å². The van der Waals surface area contributed by atoms with Crippen LogP contribution in [0.1, 0.15) is 26.5 Å². The average molecular weight is 310 g/mol. The number of rotatable bonds is 3. The van der Waals surface area contributed by atoms with Crippen LogP contribution in [0.15, 0.2) is 29.0 Å². The molecule has 2 aromatic rings. The summed E-state index contributed by atoms with van der Waals surface area (Å²) in [6.07, 6.45) is 3.56. The molecule has 0 aliphatic heterocycles. The van der Waals surface area contributed by atoms with Gasteiger partial charge in [0.25, 0.3) is 0 Å². The lowest BCUT2D eigenvalue weighted by atomic mass is 10.1. The molecule has 2 aromatic heterocycles. The monoisotopic (exact) mass is 309 g/mol. The fourth-order valence-electron chi connectivity index (χ4n) is 1.35. The molecule has 2 heterocycles. The second-order valence-electron chi connectivity index (χ2n) is 5.09. The lowest BCUT2D eigenvalue weighted by molar-refractivity contribution is 0.420. The van der Waals surface area contributed by atoms with E-state index in [1.807, 2.05) is 18.3 Å². The summed E-state index contributed by atoms with van der Waals surface area (Å²) in [4.78, 5) is 0. The molecule has 0 unspecified atom stereocenters. The Balaban J connectivity index is 2.06. The first-order chi connectivity index (χ1) is 8.44. The molecule has 1 N–H and O–H groups in total. The molecule has 0 radical (unpaired) electrons. The summed E-state index contributed by atoms with van der Waals surface area (Å²) >= 11 is 3.35. The lowest BCUT2D eigenvalue weighted by Gasteiger charge is -2.19. The van der Waals surface area contributed by atoms with Crippen LogP contribution in [0.3, 0.4) is 0 Å². The minimum atomic E-state index is 0.0766. The van der Waals surface area contributed by atoms with Gasteiger partial charge in [-0.1, -0.05) is 0 Å². The number of nitrogens with zero attached hydrogens (tertiary/aromatic N) is 4. The zero-order valence-electron chi connectivity index (χ0n) is 10.7. The quantitative estimate of drug-likeness (QED) is 0.945. The predicted octanol–water partition coefficient (Wildman–Crippen LogP) is 2.31. The molecule has 96 valence electrons. The summed E-state index contributed by atoms with van der Waals surface area (Å²) in [6, 6.07) is 3.86. The van der Waals surface area contributed by atoms with Gasteiger partial charge in [-0.3, -0.25) is 0 Å². The summed E-state index contributed by atoms with van der Waals surface area (Å²) in [5, 5.41) is 15.9. The Morgan fingerprint density at radius 1 is 1.28 bits per heavy atom. The molecule has 18 heavy (non-hydrogen) atoms. The van der Waals surface area contributed by atoms with Crippen LogP contribution in [0, 0.1) is 0 Å². The minimum Gasteiger partial charge on any atom is -0.306 e. The van der Waals surface area contributed by atoms with Gasteiger partial charge in [0, 0.05) is 18.3 Å². The van der Waals surface area contributed by atoms with Gasteiger partial charge in [-0.05, 0) is 48.8 Å². The van der Waals surface area contributed by atoms with Crippen molar-refractivity contribution in [3.8, 4) is 5.82 Å². The largest absolute Gasteiger partial charge is 0.306 e. The van der Waals surface area contributed by atoms with Crippen molar-refractivity contribution in [3.63, 3.8) is 0 Å². The van der Waals surface area contributed by atoms with Crippen molar-refractivity contribution < 1.29 is 0 Å². The summed E-state index contributed by atoms with van der Waals surface area (Å²) in [6.45, 7) is 7.07. The number of nitrogens with one attached hydrogen (secondary N) is 1. The average Bonchev–Trinajstić information content (AvgIpc) is 2.73. The Labute approximate surface area is 115 Å². The standard InChI is InChI=1S/C12H16BrN5/c1-12(2,3)14-7-10-4-5-11(17-16-10)18-8-9(13)6-15-18/h4-6,8,14H,7H2,1-3H3. The van der Waals surface area contributed by atoms with Crippen molar-refractivity contribution >= 4 is 15.9 Å². The van der Waals surface area contributed by atoms with Crippen LogP contribution in [0.2, 0.25) is 0 Å². The van der Waals surface area contributed by atoms with E-state index >= 15 is 0 Å². The van der Waals surface area contributed by atoms with Gasteiger partial charge in [-0.15, -0.1) is 5.10 Å². The van der Waals surface area contributed by atoms with Gasteiger partial charge in [0.05, 0.1) is 16.4 Å². The van der Waals surface area contributed by atoms with Crippen LogP contribution in [0.4, 0.5) is 0 Å². The number of hydrogen-bond acceptors (Lipinski definition) is 4. The smallest absolute Gasteiger partial charge is 0.175 e. The van der Waals surface area contributed by atoms with Crippen molar-refractivity contribution in [3.05, 3.63) is 34.7 Å². The van der Waals surface area contributed by atoms with Gasteiger partial charge in [-0.25, -0.2) is 4.68 Å². The zero-order valence-corrected chi connectivity index (χ0v) is 12.3. The summed E-state index contributed by atoms with van der Waals surface area (Å²) in [7, 11) is 0. The first kappa shape index (κ1) is 13.2. The Morgan fingerprint density at radius 2 is 2.06 bits per heavy atom. The lowest BCUT2D eigenvalue weighted by Crippen LogP contribution is -2.35. The maximum absolute atomic E-state index is 4.18. The second kappa shape index (κ2) is 5.16. The van der Waals surface area contributed by atoms with Crippen molar-refractivity contribution in [2.24, 2.45) is 0 Å². The van der Waals surface area contributed by atoms with Gasteiger partial charge in [0.15, 0.2) is 5.82 Å². The Hall–Kier alpha value is -1.27. The molecule has 0 aromatic carbocycles. The van der Waals surface area contributed by atoms with E-state index < -0.39 is 0 Å². The highest BCUT2D eigenvalue weighted by Gasteiger charge is 2.09. The minimum absolute atomic E-state index is 0.0766. The normalized spacial score (nSPS) is 11.8. The van der Waals surface area contributed by atoms with Crippen molar-refractivity contribution in [2.75, 3.05) is 0 Å². The van der Waals surface area contributed by atoms with E-state index in [0.29, 0.717) is 12.4 Å².